The van der Waals surface area contributed by atoms with E-state index in [1.54, 1.807) is 0 Å². The number of anilines is 2. The van der Waals surface area contributed by atoms with E-state index in [9.17, 15) is 9.90 Å². The average Bonchev–Trinajstić information content (AvgIpc) is 3.31. The number of hydrogen-bond donors (Lipinski definition) is 3. The molecule has 3 aromatic rings. The third-order valence-corrected chi connectivity index (χ3v) is 8.04. The quantitative estimate of drug-likeness (QED) is 0.327. The van der Waals surface area contributed by atoms with Crippen LogP contribution in [0.1, 0.15) is 75.3 Å². The number of phenols is 1. The van der Waals surface area contributed by atoms with Gasteiger partial charge >= 0.3 is 0 Å². The molecule has 2 atom stereocenters. The average molecular weight is 534 g/mol. The Morgan fingerprint density at radius 1 is 0.914 bits per heavy atom. The number of carbonyl (C=O) groups excluding carboxylic acids is 1. The molecule has 2 aliphatic heterocycles. The number of carbonyl (C=O) groups is 1. The van der Waals surface area contributed by atoms with Gasteiger partial charge in [-0.2, -0.15) is 0 Å². The van der Waals surface area contributed by atoms with E-state index in [0.29, 0.717) is 12.3 Å². The fraction of sp³-hybridized carbons (Fsp3) is 0.367. The molecule has 2 aliphatic rings. The SMILES string of the molecule is CC(C)(C)c1cc(C2(C3CNc4ccccc43)C(=O)Nc3ccc(Br)cc32)cc(C(C)(C)C)c1O. The predicted molar refractivity (Wildman–Crippen MR) is 147 cm³/mol. The highest BCUT2D eigenvalue weighted by molar-refractivity contribution is 9.10. The van der Waals surface area contributed by atoms with Crippen molar-refractivity contribution in [3.05, 3.63) is 86.9 Å². The van der Waals surface area contributed by atoms with Crippen LogP contribution in [0.4, 0.5) is 11.4 Å². The highest BCUT2D eigenvalue weighted by Crippen LogP contribution is 2.56. The molecule has 182 valence electrons. The number of fused-ring (bicyclic) bond motifs is 2. The first-order valence-electron chi connectivity index (χ1n) is 12.2. The van der Waals surface area contributed by atoms with Gasteiger partial charge in [0.1, 0.15) is 11.2 Å². The van der Waals surface area contributed by atoms with E-state index in [0.717, 1.165) is 43.7 Å². The van der Waals surface area contributed by atoms with Crippen LogP contribution in [-0.2, 0) is 21.0 Å². The second kappa shape index (κ2) is 7.86. The molecule has 4 nitrogen and oxygen atoms in total. The first-order valence-corrected chi connectivity index (χ1v) is 13.0. The predicted octanol–water partition coefficient (Wildman–Crippen LogP) is 7.20. The maximum atomic E-state index is 14.3. The molecule has 2 heterocycles. The summed E-state index contributed by atoms with van der Waals surface area (Å²) in [6, 6.07) is 18.4. The lowest BCUT2D eigenvalue weighted by atomic mass is 9.63. The molecule has 5 rings (SSSR count). The van der Waals surface area contributed by atoms with Gasteiger partial charge in [0.15, 0.2) is 0 Å². The van der Waals surface area contributed by atoms with Crippen LogP contribution in [0, 0.1) is 0 Å². The van der Waals surface area contributed by atoms with E-state index >= 15 is 0 Å². The maximum absolute atomic E-state index is 14.3. The van der Waals surface area contributed by atoms with Crippen molar-refractivity contribution in [2.75, 3.05) is 17.2 Å². The first-order chi connectivity index (χ1) is 16.3. The summed E-state index contributed by atoms with van der Waals surface area (Å²) >= 11 is 3.66. The Morgan fingerprint density at radius 3 is 2.17 bits per heavy atom. The Bertz CT molecular complexity index is 1310. The van der Waals surface area contributed by atoms with Crippen molar-refractivity contribution in [1.82, 2.24) is 0 Å². The van der Waals surface area contributed by atoms with E-state index in [4.69, 9.17) is 0 Å². The number of nitrogens with one attached hydrogen (secondary N) is 2. The van der Waals surface area contributed by atoms with Crippen LogP contribution in [0.2, 0.25) is 0 Å². The number of phenolic OH excluding ortho intramolecular Hbond substituents is 1. The molecule has 0 aromatic heterocycles. The summed E-state index contributed by atoms with van der Waals surface area (Å²) in [5.74, 6) is 0.181. The van der Waals surface area contributed by atoms with Gasteiger partial charge in [-0.3, -0.25) is 4.79 Å². The summed E-state index contributed by atoms with van der Waals surface area (Å²) < 4.78 is 0.933. The molecule has 35 heavy (non-hydrogen) atoms. The van der Waals surface area contributed by atoms with E-state index in [2.05, 4.69) is 98.4 Å². The van der Waals surface area contributed by atoms with Crippen LogP contribution in [0.3, 0.4) is 0 Å². The number of benzene rings is 3. The van der Waals surface area contributed by atoms with Gasteiger partial charge in [0, 0.05) is 28.3 Å². The highest BCUT2D eigenvalue weighted by atomic mass is 79.9. The zero-order chi connectivity index (χ0) is 25.3. The normalized spacial score (nSPS) is 21.3. The summed E-state index contributed by atoms with van der Waals surface area (Å²) in [5.41, 5.74) is 5.08. The van der Waals surface area contributed by atoms with Gasteiger partial charge in [-0.1, -0.05) is 87.8 Å². The third kappa shape index (κ3) is 3.58. The van der Waals surface area contributed by atoms with Crippen LogP contribution in [0.5, 0.6) is 5.75 Å². The lowest BCUT2D eigenvalue weighted by molar-refractivity contribution is -0.120. The van der Waals surface area contributed by atoms with Gasteiger partial charge in [-0.05, 0) is 62.9 Å². The fourth-order valence-electron chi connectivity index (χ4n) is 5.80. The summed E-state index contributed by atoms with van der Waals surface area (Å²) in [5, 5.41) is 18.2. The number of rotatable bonds is 2. The zero-order valence-corrected chi connectivity index (χ0v) is 22.8. The molecule has 1 amide bonds. The van der Waals surface area contributed by atoms with Crippen molar-refractivity contribution in [2.24, 2.45) is 0 Å². The molecule has 0 spiro atoms. The molecule has 0 aliphatic carbocycles. The molecule has 0 saturated heterocycles. The third-order valence-electron chi connectivity index (χ3n) is 7.55. The minimum absolute atomic E-state index is 0.0282. The lowest BCUT2D eigenvalue weighted by Crippen LogP contribution is -2.43. The molecule has 0 bridgehead atoms. The number of aromatic hydroxyl groups is 1. The summed E-state index contributed by atoms with van der Waals surface area (Å²) in [6.07, 6.45) is 0. The molecule has 0 fully saturated rings. The Balaban J connectivity index is 1.91. The molecule has 3 aromatic carbocycles. The van der Waals surface area contributed by atoms with Gasteiger partial charge in [0.05, 0.1) is 0 Å². The fourth-order valence-corrected chi connectivity index (χ4v) is 6.17. The van der Waals surface area contributed by atoms with Gasteiger partial charge in [-0.25, -0.2) is 0 Å². The molecule has 2 unspecified atom stereocenters. The van der Waals surface area contributed by atoms with Crippen LogP contribution in [0.15, 0.2) is 59.1 Å². The van der Waals surface area contributed by atoms with Crippen LogP contribution >= 0.6 is 15.9 Å². The van der Waals surface area contributed by atoms with Crippen molar-refractivity contribution >= 4 is 33.2 Å². The van der Waals surface area contributed by atoms with Gasteiger partial charge in [0.2, 0.25) is 5.91 Å². The Hall–Kier alpha value is -2.79. The molecule has 0 saturated carbocycles. The first kappa shape index (κ1) is 23.9. The van der Waals surface area contributed by atoms with E-state index in [1.807, 2.05) is 24.3 Å². The van der Waals surface area contributed by atoms with Crippen LogP contribution in [0.25, 0.3) is 0 Å². The number of amides is 1. The largest absolute Gasteiger partial charge is 0.507 e. The van der Waals surface area contributed by atoms with Crippen LogP contribution < -0.4 is 10.6 Å². The van der Waals surface area contributed by atoms with E-state index < -0.39 is 5.41 Å². The number of hydrogen-bond acceptors (Lipinski definition) is 3. The van der Waals surface area contributed by atoms with Crippen LogP contribution in [-0.4, -0.2) is 17.6 Å². The molecule has 5 heteroatoms. The molecule has 3 N–H and O–H groups in total. The molecular formula is C30H33BrN2O2. The van der Waals surface area contributed by atoms with Gasteiger partial charge < -0.3 is 15.7 Å². The van der Waals surface area contributed by atoms with Gasteiger partial charge in [-0.15, -0.1) is 0 Å². The molecular weight excluding hydrogens is 500 g/mol. The summed E-state index contributed by atoms with van der Waals surface area (Å²) in [7, 11) is 0. The van der Waals surface area contributed by atoms with Gasteiger partial charge in [0.25, 0.3) is 0 Å². The zero-order valence-electron chi connectivity index (χ0n) is 21.2. The van der Waals surface area contributed by atoms with Crippen molar-refractivity contribution in [3.8, 4) is 5.75 Å². The number of halogens is 1. The number of para-hydroxylation sites is 1. The highest BCUT2D eigenvalue weighted by Gasteiger charge is 2.56. The Morgan fingerprint density at radius 2 is 1.54 bits per heavy atom. The maximum Gasteiger partial charge on any atom is 0.240 e. The topological polar surface area (TPSA) is 61.4 Å². The second-order valence-corrected chi connectivity index (χ2v) is 12.8. The standard InChI is InChI=1S/C30H33BrN2O2/c1-28(2,3)21-13-17(14-22(26(21)34)29(4,5)6)30(23-16-32-24-10-8-7-9-19(23)24)20-15-18(31)11-12-25(20)33-27(30)35/h7-15,23,32,34H,16H2,1-6H3,(H,33,35). The minimum atomic E-state index is -0.952. The van der Waals surface area contributed by atoms with Crippen molar-refractivity contribution < 1.29 is 9.90 Å². The minimum Gasteiger partial charge on any atom is -0.507 e. The summed E-state index contributed by atoms with van der Waals surface area (Å²) in [6.45, 7) is 13.3. The Labute approximate surface area is 216 Å². The smallest absolute Gasteiger partial charge is 0.240 e. The lowest BCUT2D eigenvalue weighted by Gasteiger charge is -2.37. The van der Waals surface area contributed by atoms with Crippen molar-refractivity contribution in [1.29, 1.82) is 0 Å². The van der Waals surface area contributed by atoms with E-state index in [-0.39, 0.29) is 22.7 Å². The van der Waals surface area contributed by atoms with E-state index in [1.165, 1.54) is 0 Å². The summed E-state index contributed by atoms with van der Waals surface area (Å²) in [4.78, 5) is 14.3. The monoisotopic (exact) mass is 532 g/mol. The Kier molecular flexibility index (Phi) is 5.37. The molecule has 0 radical (unpaired) electrons. The van der Waals surface area contributed by atoms with Crippen molar-refractivity contribution in [3.63, 3.8) is 0 Å². The second-order valence-electron chi connectivity index (χ2n) is 11.9. The van der Waals surface area contributed by atoms with Crippen molar-refractivity contribution in [2.45, 2.75) is 63.7 Å².